The van der Waals surface area contributed by atoms with Gasteiger partial charge in [-0.25, -0.2) is 4.79 Å². The maximum absolute atomic E-state index is 13.1. The standard InChI is InChI=1S/C21H19N3O2S2.C2HF3O2/c1-14-4-5-17(28-14)20(26)23-9-7-21(12-23)13-24(16-3-2-8-22-18(16)21)19(25)15-6-10-27-11-15;3-2(4,5)1(6)7/h2-6,8,10-11H,7,9,12-13H2,1H3;(H,6,7). The molecule has 2 aliphatic rings. The highest BCUT2D eigenvalue weighted by atomic mass is 32.1. The van der Waals surface area contributed by atoms with Gasteiger partial charge < -0.3 is 14.9 Å². The SMILES string of the molecule is Cc1ccc(C(=O)N2CCC3(C2)CN(C(=O)c2ccsc2)c2cccnc23)s1.O=C(O)C(F)(F)F. The molecule has 0 aromatic carbocycles. The van der Waals surface area contributed by atoms with Crippen LogP contribution in [0.4, 0.5) is 18.9 Å². The number of carbonyl (C=O) groups is 3. The van der Waals surface area contributed by atoms with E-state index in [9.17, 15) is 22.8 Å². The van der Waals surface area contributed by atoms with Gasteiger partial charge in [-0.15, -0.1) is 11.3 Å². The smallest absolute Gasteiger partial charge is 0.475 e. The molecule has 2 amide bonds. The fourth-order valence-corrected chi connectivity index (χ4v) is 5.75. The molecule has 3 aromatic heterocycles. The van der Waals surface area contributed by atoms with Crippen LogP contribution >= 0.6 is 22.7 Å². The van der Waals surface area contributed by atoms with Crippen LogP contribution in [0.15, 0.2) is 47.3 Å². The molecule has 1 atom stereocenters. The molecular formula is C23H20F3N3O4S2. The average Bonchev–Trinajstić information content (AvgIpc) is 3.61. The van der Waals surface area contributed by atoms with Crippen LogP contribution in [0.5, 0.6) is 0 Å². The molecule has 7 nitrogen and oxygen atoms in total. The highest BCUT2D eigenvalue weighted by molar-refractivity contribution is 7.13. The molecule has 1 saturated heterocycles. The fraction of sp³-hybridized carbons (Fsp3) is 0.304. The fourth-order valence-electron chi connectivity index (χ4n) is 4.28. The number of hydrogen-bond donors (Lipinski definition) is 1. The molecule has 2 aliphatic heterocycles. The summed E-state index contributed by atoms with van der Waals surface area (Å²) in [5.74, 6) is -2.67. The summed E-state index contributed by atoms with van der Waals surface area (Å²) < 4.78 is 31.7. The molecule has 184 valence electrons. The minimum Gasteiger partial charge on any atom is -0.475 e. The van der Waals surface area contributed by atoms with Gasteiger partial charge in [0.05, 0.1) is 27.2 Å². The lowest BCUT2D eigenvalue weighted by molar-refractivity contribution is -0.192. The van der Waals surface area contributed by atoms with Crippen LogP contribution in [0.2, 0.25) is 0 Å². The van der Waals surface area contributed by atoms with E-state index < -0.39 is 12.1 Å². The number of aliphatic carboxylic acids is 1. The van der Waals surface area contributed by atoms with Crippen LogP contribution in [-0.4, -0.2) is 58.6 Å². The zero-order valence-corrected chi connectivity index (χ0v) is 20.0. The van der Waals surface area contributed by atoms with Gasteiger partial charge in [-0.3, -0.25) is 14.6 Å². The number of carboxylic acids is 1. The number of pyridine rings is 1. The van der Waals surface area contributed by atoms with E-state index in [4.69, 9.17) is 9.90 Å². The molecule has 12 heteroatoms. The lowest BCUT2D eigenvalue weighted by Gasteiger charge is -2.24. The number of amides is 2. The van der Waals surface area contributed by atoms with E-state index in [0.29, 0.717) is 25.2 Å². The predicted octanol–water partition coefficient (Wildman–Crippen LogP) is 4.59. The van der Waals surface area contributed by atoms with Crippen molar-refractivity contribution in [1.82, 2.24) is 9.88 Å². The summed E-state index contributed by atoms with van der Waals surface area (Å²) >= 11 is 3.05. The van der Waals surface area contributed by atoms with Gasteiger partial charge in [0, 0.05) is 36.1 Å². The summed E-state index contributed by atoms with van der Waals surface area (Å²) in [6, 6.07) is 9.59. The summed E-state index contributed by atoms with van der Waals surface area (Å²) in [6.07, 6.45) is -2.48. The summed E-state index contributed by atoms with van der Waals surface area (Å²) in [5, 5.41) is 10.9. The van der Waals surface area contributed by atoms with Gasteiger partial charge >= 0.3 is 12.1 Å². The van der Waals surface area contributed by atoms with E-state index in [1.807, 2.05) is 57.8 Å². The molecule has 1 unspecified atom stereocenters. The number of likely N-dealkylation sites (tertiary alicyclic amines) is 1. The van der Waals surface area contributed by atoms with Crippen molar-refractivity contribution in [2.45, 2.75) is 24.9 Å². The zero-order chi connectivity index (χ0) is 25.4. The van der Waals surface area contributed by atoms with Crippen molar-refractivity contribution in [2.24, 2.45) is 0 Å². The number of anilines is 1. The molecule has 35 heavy (non-hydrogen) atoms. The Bertz CT molecular complexity index is 1260. The number of halogens is 3. The number of carbonyl (C=O) groups excluding carboxylic acids is 2. The molecular weight excluding hydrogens is 503 g/mol. The molecule has 0 aliphatic carbocycles. The third kappa shape index (κ3) is 4.94. The van der Waals surface area contributed by atoms with Crippen LogP contribution in [0.1, 0.15) is 37.0 Å². The maximum Gasteiger partial charge on any atom is 0.490 e. The quantitative estimate of drug-likeness (QED) is 0.531. The number of carboxylic acid groups (broad SMARTS) is 1. The van der Waals surface area contributed by atoms with Gasteiger partial charge in [-0.1, -0.05) is 0 Å². The van der Waals surface area contributed by atoms with Gasteiger partial charge in [0.1, 0.15) is 0 Å². The number of aromatic nitrogens is 1. The highest BCUT2D eigenvalue weighted by Gasteiger charge is 2.51. The highest BCUT2D eigenvalue weighted by Crippen LogP contribution is 2.46. The van der Waals surface area contributed by atoms with Crippen molar-refractivity contribution in [1.29, 1.82) is 0 Å². The Labute approximate surface area is 206 Å². The number of fused-ring (bicyclic) bond motifs is 2. The minimum absolute atomic E-state index is 0.00559. The molecule has 5 heterocycles. The second-order valence-electron chi connectivity index (χ2n) is 8.24. The van der Waals surface area contributed by atoms with E-state index in [2.05, 4.69) is 4.98 Å². The summed E-state index contributed by atoms with van der Waals surface area (Å²) in [4.78, 5) is 45.3. The van der Waals surface area contributed by atoms with Crippen molar-refractivity contribution in [3.63, 3.8) is 0 Å². The van der Waals surface area contributed by atoms with Crippen molar-refractivity contribution >= 4 is 46.1 Å². The first kappa shape index (κ1) is 24.9. The van der Waals surface area contributed by atoms with Crippen molar-refractivity contribution in [3.05, 3.63) is 68.3 Å². The Kier molecular flexibility index (Phi) is 6.69. The van der Waals surface area contributed by atoms with E-state index >= 15 is 0 Å². The number of alkyl halides is 3. The van der Waals surface area contributed by atoms with Gasteiger partial charge in [0.25, 0.3) is 11.8 Å². The van der Waals surface area contributed by atoms with Crippen LogP contribution in [0, 0.1) is 6.92 Å². The number of nitrogens with zero attached hydrogens (tertiary/aromatic N) is 3. The predicted molar refractivity (Wildman–Crippen MR) is 125 cm³/mol. The average molecular weight is 524 g/mol. The number of thiophene rings is 2. The van der Waals surface area contributed by atoms with E-state index in [1.54, 1.807) is 6.20 Å². The van der Waals surface area contributed by atoms with Crippen LogP contribution in [0.3, 0.4) is 0 Å². The topological polar surface area (TPSA) is 90.8 Å². The lowest BCUT2D eigenvalue weighted by Crippen LogP contribution is -2.40. The van der Waals surface area contributed by atoms with Gasteiger partial charge in [-0.2, -0.15) is 24.5 Å². The molecule has 3 aromatic rings. The summed E-state index contributed by atoms with van der Waals surface area (Å²) in [5.41, 5.74) is 2.23. The molecule has 0 saturated carbocycles. The Balaban J connectivity index is 0.000000364. The Hall–Kier alpha value is -3.25. The number of aryl methyl sites for hydroxylation is 1. The van der Waals surface area contributed by atoms with E-state index in [1.165, 1.54) is 22.7 Å². The molecule has 5 rings (SSSR count). The van der Waals surface area contributed by atoms with Gasteiger partial charge in [0.2, 0.25) is 0 Å². The normalized spacial score (nSPS) is 18.9. The first-order valence-electron chi connectivity index (χ1n) is 10.5. The third-order valence-electron chi connectivity index (χ3n) is 5.89. The van der Waals surface area contributed by atoms with Gasteiger partial charge in [-0.05, 0) is 49.1 Å². The second kappa shape index (κ2) is 9.42. The van der Waals surface area contributed by atoms with Crippen molar-refractivity contribution in [3.8, 4) is 0 Å². The Morgan fingerprint density at radius 3 is 2.46 bits per heavy atom. The number of hydrogen-bond acceptors (Lipinski definition) is 6. The maximum atomic E-state index is 13.1. The minimum atomic E-state index is -5.08. The van der Waals surface area contributed by atoms with Crippen molar-refractivity contribution < 1.29 is 32.7 Å². The molecule has 0 radical (unpaired) electrons. The van der Waals surface area contributed by atoms with E-state index in [0.717, 1.165) is 27.6 Å². The summed E-state index contributed by atoms with van der Waals surface area (Å²) in [6.45, 7) is 3.87. The van der Waals surface area contributed by atoms with Gasteiger partial charge in [0.15, 0.2) is 0 Å². The summed E-state index contributed by atoms with van der Waals surface area (Å²) in [7, 11) is 0. The lowest BCUT2D eigenvalue weighted by atomic mass is 9.85. The first-order chi connectivity index (χ1) is 16.5. The van der Waals surface area contributed by atoms with Crippen LogP contribution < -0.4 is 4.90 Å². The monoisotopic (exact) mass is 523 g/mol. The number of rotatable bonds is 2. The third-order valence-corrected chi connectivity index (χ3v) is 7.56. The molecule has 1 fully saturated rings. The molecule has 1 spiro atoms. The first-order valence-corrected chi connectivity index (χ1v) is 12.2. The largest absolute Gasteiger partial charge is 0.490 e. The Morgan fingerprint density at radius 2 is 1.86 bits per heavy atom. The zero-order valence-electron chi connectivity index (χ0n) is 18.4. The van der Waals surface area contributed by atoms with E-state index in [-0.39, 0.29) is 17.2 Å². The van der Waals surface area contributed by atoms with Crippen LogP contribution in [0.25, 0.3) is 0 Å². The second-order valence-corrected chi connectivity index (χ2v) is 10.3. The molecule has 1 N–H and O–H groups in total. The van der Waals surface area contributed by atoms with Crippen molar-refractivity contribution in [2.75, 3.05) is 24.5 Å². The molecule has 0 bridgehead atoms. The van der Waals surface area contributed by atoms with Crippen LogP contribution in [-0.2, 0) is 10.2 Å². The Morgan fingerprint density at radius 1 is 1.11 bits per heavy atom.